The van der Waals surface area contributed by atoms with Gasteiger partial charge in [-0.1, -0.05) is 35.0 Å². The van der Waals surface area contributed by atoms with Gasteiger partial charge in [0.15, 0.2) is 5.82 Å². The topological polar surface area (TPSA) is 59.2 Å². The molecule has 0 amide bonds. The first-order valence-corrected chi connectivity index (χ1v) is 5.26. The molecule has 16 heavy (non-hydrogen) atoms. The van der Waals surface area contributed by atoms with Crippen molar-refractivity contribution < 1.29 is 9.63 Å². The summed E-state index contributed by atoms with van der Waals surface area (Å²) in [5.74, 6) is 1.15. The summed E-state index contributed by atoms with van der Waals surface area (Å²) in [4.78, 5) is 4.18. The molecule has 1 N–H and O–H groups in total. The predicted octanol–water partition coefficient (Wildman–Crippen LogP) is 1.50. The molecule has 0 saturated carbocycles. The van der Waals surface area contributed by atoms with E-state index < -0.39 is 0 Å². The van der Waals surface area contributed by atoms with Crippen LogP contribution < -0.4 is 0 Å². The number of aliphatic hydroxyl groups excluding tert-OH is 1. The van der Waals surface area contributed by atoms with E-state index >= 15 is 0 Å². The minimum Gasteiger partial charge on any atom is -0.396 e. The van der Waals surface area contributed by atoms with Crippen LogP contribution in [0.2, 0.25) is 0 Å². The number of aliphatic hydroxyl groups is 1. The van der Waals surface area contributed by atoms with Crippen LogP contribution >= 0.6 is 0 Å². The minimum atomic E-state index is 0.0339. The highest BCUT2D eigenvalue weighted by atomic mass is 16.5. The fourth-order valence-electron chi connectivity index (χ4n) is 1.45. The van der Waals surface area contributed by atoms with Crippen LogP contribution in [0.4, 0.5) is 0 Å². The van der Waals surface area contributed by atoms with Gasteiger partial charge in [0.05, 0.1) is 13.0 Å². The monoisotopic (exact) mass is 218 g/mol. The summed E-state index contributed by atoms with van der Waals surface area (Å²) in [5, 5.41) is 12.6. The fraction of sp³-hybridized carbons (Fsp3) is 0.333. The lowest BCUT2D eigenvalue weighted by Crippen LogP contribution is -1.93. The van der Waals surface area contributed by atoms with Gasteiger partial charge in [0.2, 0.25) is 5.89 Å². The maximum absolute atomic E-state index is 8.72. The molecule has 0 fully saturated rings. The Labute approximate surface area is 93.9 Å². The van der Waals surface area contributed by atoms with E-state index in [1.807, 2.05) is 0 Å². The van der Waals surface area contributed by atoms with E-state index in [2.05, 4.69) is 41.3 Å². The van der Waals surface area contributed by atoms with E-state index in [-0.39, 0.29) is 6.61 Å². The Hall–Kier alpha value is -1.68. The van der Waals surface area contributed by atoms with E-state index in [1.165, 1.54) is 5.56 Å². The summed E-state index contributed by atoms with van der Waals surface area (Å²) in [6.07, 6.45) is 1.08. The normalized spacial score (nSPS) is 10.6. The highest BCUT2D eigenvalue weighted by molar-refractivity contribution is 5.23. The molecule has 0 spiro atoms. The lowest BCUT2D eigenvalue weighted by molar-refractivity contribution is 0.274. The van der Waals surface area contributed by atoms with Crippen LogP contribution in [0, 0.1) is 6.92 Å². The third-order valence-electron chi connectivity index (χ3n) is 2.32. The quantitative estimate of drug-likeness (QED) is 0.845. The molecule has 0 radical (unpaired) electrons. The number of hydrogen-bond acceptors (Lipinski definition) is 4. The van der Waals surface area contributed by atoms with Crippen molar-refractivity contribution in [2.75, 3.05) is 6.61 Å². The number of aryl methyl sites for hydroxylation is 1. The molecule has 4 heteroatoms. The summed E-state index contributed by atoms with van der Waals surface area (Å²) >= 11 is 0. The molecule has 1 aromatic carbocycles. The van der Waals surface area contributed by atoms with Crippen LogP contribution in [0.15, 0.2) is 28.8 Å². The van der Waals surface area contributed by atoms with Crippen LogP contribution in [-0.4, -0.2) is 21.9 Å². The molecule has 1 aromatic heterocycles. The third kappa shape index (κ3) is 2.67. The Balaban J connectivity index is 2.05. The zero-order chi connectivity index (χ0) is 11.4. The molecular formula is C12H14N2O2. The van der Waals surface area contributed by atoms with Crippen molar-refractivity contribution in [1.29, 1.82) is 0 Å². The van der Waals surface area contributed by atoms with E-state index in [4.69, 9.17) is 9.63 Å². The largest absolute Gasteiger partial charge is 0.396 e. The van der Waals surface area contributed by atoms with E-state index in [1.54, 1.807) is 0 Å². The second-order valence-electron chi connectivity index (χ2n) is 3.74. The van der Waals surface area contributed by atoms with Crippen molar-refractivity contribution in [3.8, 4) is 0 Å². The predicted molar refractivity (Wildman–Crippen MR) is 59.1 cm³/mol. The Morgan fingerprint density at radius 1 is 1.25 bits per heavy atom. The molecule has 2 aromatic rings. The van der Waals surface area contributed by atoms with Crippen molar-refractivity contribution in [3.63, 3.8) is 0 Å². The first-order valence-electron chi connectivity index (χ1n) is 5.26. The summed E-state index contributed by atoms with van der Waals surface area (Å²) < 4.78 is 4.98. The van der Waals surface area contributed by atoms with Crippen molar-refractivity contribution in [1.82, 2.24) is 10.1 Å². The maximum Gasteiger partial charge on any atom is 0.228 e. The number of aromatic nitrogens is 2. The Bertz CT molecular complexity index is 448. The molecule has 1 heterocycles. The Morgan fingerprint density at radius 2 is 2.00 bits per heavy atom. The van der Waals surface area contributed by atoms with Crippen molar-refractivity contribution in [2.24, 2.45) is 0 Å². The van der Waals surface area contributed by atoms with Crippen LogP contribution in [0.1, 0.15) is 22.8 Å². The maximum atomic E-state index is 8.72. The van der Waals surface area contributed by atoms with Crippen molar-refractivity contribution in [3.05, 3.63) is 47.1 Å². The molecule has 0 aliphatic carbocycles. The van der Waals surface area contributed by atoms with Gasteiger partial charge in [0.25, 0.3) is 0 Å². The Morgan fingerprint density at radius 3 is 2.69 bits per heavy atom. The number of rotatable bonds is 4. The van der Waals surface area contributed by atoms with Gasteiger partial charge >= 0.3 is 0 Å². The third-order valence-corrected chi connectivity index (χ3v) is 2.32. The molecular weight excluding hydrogens is 204 g/mol. The zero-order valence-corrected chi connectivity index (χ0v) is 9.18. The SMILES string of the molecule is Cc1ccc(Cc2noc(CCO)n2)cc1. The molecule has 0 aliphatic rings. The van der Waals surface area contributed by atoms with E-state index in [0.29, 0.717) is 24.6 Å². The molecule has 0 unspecified atom stereocenters. The van der Waals surface area contributed by atoms with E-state index in [0.717, 1.165) is 5.56 Å². The fourth-order valence-corrected chi connectivity index (χ4v) is 1.45. The molecule has 84 valence electrons. The van der Waals surface area contributed by atoms with Gasteiger partial charge in [-0.05, 0) is 12.5 Å². The molecule has 0 bridgehead atoms. The summed E-state index contributed by atoms with van der Waals surface area (Å²) in [5.41, 5.74) is 2.39. The van der Waals surface area contributed by atoms with Gasteiger partial charge in [-0.3, -0.25) is 0 Å². The van der Waals surface area contributed by atoms with Gasteiger partial charge < -0.3 is 9.63 Å². The van der Waals surface area contributed by atoms with Crippen LogP contribution in [-0.2, 0) is 12.8 Å². The number of benzene rings is 1. The van der Waals surface area contributed by atoms with Gasteiger partial charge in [0, 0.05) is 6.42 Å². The standard InChI is InChI=1S/C12H14N2O2/c1-9-2-4-10(5-3-9)8-11-13-12(6-7-15)16-14-11/h2-5,15H,6-8H2,1H3. The second kappa shape index (κ2) is 4.90. The lowest BCUT2D eigenvalue weighted by atomic mass is 10.1. The molecule has 0 saturated heterocycles. The Kier molecular flexibility index (Phi) is 3.31. The number of nitrogens with zero attached hydrogens (tertiary/aromatic N) is 2. The second-order valence-corrected chi connectivity index (χ2v) is 3.74. The highest BCUT2D eigenvalue weighted by Gasteiger charge is 2.06. The zero-order valence-electron chi connectivity index (χ0n) is 9.18. The van der Waals surface area contributed by atoms with Crippen LogP contribution in [0.3, 0.4) is 0 Å². The number of hydrogen-bond donors (Lipinski definition) is 1. The molecule has 0 aliphatic heterocycles. The lowest BCUT2D eigenvalue weighted by Gasteiger charge is -1.96. The van der Waals surface area contributed by atoms with Crippen LogP contribution in [0.5, 0.6) is 0 Å². The molecule has 2 rings (SSSR count). The first kappa shape index (κ1) is 10.8. The van der Waals surface area contributed by atoms with Gasteiger partial charge in [0.1, 0.15) is 0 Å². The molecule has 4 nitrogen and oxygen atoms in total. The first-order chi connectivity index (χ1) is 7.78. The average Bonchev–Trinajstić information content (AvgIpc) is 2.70. The van der Waals surface area contributed by atoms with Gasteiger partial charge in [-0.25, -0.2) is 0 Å². The van der Waals surface area contributed by atoms with Gasteiger partial charge in [-0.2, -0.15) is 4.98 Å². The van der Waals surface area contributed by atoms with Crippen LogP contribution in [0.25, 0.3) is 0 Å². The average molecular weight is 218 g/mol. The van der Waals surface area contributed by atoms with Gasteiger partial charge in [-0.15, -0.1) is 0 Å². The summed E-state index contributed by atoms with van der Waals surface area (Å²) in [6, 6.07) is 8.23. The summed E-state index contributed by atoms with van der Waals surface area (Å²) in [6.45, 7) is 2.09. The van der Waals surface area contributed by atoms with Crippen molar-refractivity contribution >= 4 is 0 Å². The van der Waals surface area contributed by atoms with Crippen molar-refractivity contribution in [2.45, 2.75) is 19.8 Å². The molecule has 0 atom stereocenters. The summed E-state index contributed by atoms with van der Waals surface area (Å²) in [7, 11) is 0. The van der Waals surface area contributed by atoms with E-state index in [9.17, 15) is 0 Å². The minimum absolute atomic E-state index is 0.0339. The smallest absolute Gasteiger partial charge is 0.228 e. The highest BCUT2D eigenvalue weighted by Crippen LogP contribution is 2.08.